The standard InChI is InChI=1S/C26H34N2O5/c1-4-16(2)27-25(30)18-11-13-28(14-12-18)23(29)15-32-22-10-9-20-19-7-5-6-8-21(19)26(31)33-24(20)17(22)3/h9-10,16,18H,4-8,11-15H2,1-3H3,(H,27,30)/t16-/m1/s1. The molecule has 1 aliphatic heterocycles. The third kappa shape index (κ3) is 4.92. The summed E-state index contributed by atoms with van der Waals surface area (Å²) in [7, 11) is 0. The van der Waals surface area contributed by atoms with Crippen LogP contribution in [0.4, 0.5) is 0 Å². The van der Waals surface area contributed by atoms with E-state index in [9.17, 15) is 14.4 Å². The van der Waals surface area contributed by atoms with E-state index in [0.29, 0.717) is 37.3 Å². The third-order valence-electron chi connectivity index (χ3n) is 7.16. The van der Waals surface area contributed by atoms with E-state index in [4.69, 9.17) is 9.15 Å². The lowest BCUT2D eigenvalue weighted by Gasteiger charge is -2.31. The van der Waals surface area contributed by atoms with Crippen LogP contribution in [-0.2, 0) is 22.4 Å². The van der Waals surface area contributed by atoms with Crippen molar-refractivity contribution in [3.05, 3.63) is 39.2 Å². The Morgan fingerprint density at radius 1 is 1.18 bits per heavy atom. The molecular formula is C26H34N2O5. The number of fused-ring (bicyclic) bond motifs is 3. The second-order valence-electron chi connectivity index (χ2n) is 9.38. The largest absolute Gasteiger partial charge is 0.483 e. The van der Waals surface area contributed by atoms with Gasteiger partial charge in [-0.1, -0.05) is 6.92 Å². The lowest BCUT2D eigenvalue weighted by atomic mass is 9.90. The molecule has 2 amide bonds. The Hall–Kier alpha value is -2.83. The van der Waals surface area contributed by atoms with E-state index in [1.54, 1.807) is 4.90 Å². The number of amides is 2. The quantitative estimate of drug-likeness (QED) is 0.675. The van der Waals surface area contributed by atoms with Crippen molar-refractivity contribution in [2.75, 3.05) is 19.7 Å². The van der Waals surface area contributed by atoms with Crippen LogP contribution in [0.15, 0.2) is 21.3 Å². The number of rotatable bonds is 6. The fraction of sp³-hybridized carbons (Fsp3) is 0.577. The van der Waals surface area contributed by atoms with Gasteiger partial charge in [-0.15, -0.1) is 0 Å². The molecule has 0 bridgehead atoms. The zero-order chi connectivity index (χ0) is 23.5. The molecule has 0 saturated carbocycles. The van der Waals surface area contributed by atoms with Gasteiger partial charge in [0.2, 0.25) is 5.91 Å². The molecule has 1 fully saturated rings. The number of nitrogens with zero attached hydrogens (tertiary/aromatic N) is 1. The van der Waals surface area contributed by atoms with Crippen molar-refractivity contribution in [3.8, 4) is 5.75 Å². The Morgan fingerprint density at radius 2 is 1.88 bits per heavy atom. The highest BCUT2D eigenvalue weighted by Crippen LogP contribution is 2.32. The molecule has 1 saturated heterocycles. The Balaban J connectivity index is 1.38. The van der Waals surface area contributed by atoms with Gasteiger partial charge in [-0.05, 0) is 76.5 Å². The Kier molecular flexibility index (Phi) is 7.05. The number of hydrogen-bond acceptors (Lipinski definition) is 5. The number of carbonyl (C=O) groups excluding carboxylic acids is 2. The van der Waals surface area contributed by atoms with Crippen molar-refractivity contribution >= 4 is 22.8 Å². The molecule has 0 radical (unpaired) electrons. The van der Waals surface area contributed by atoms with Gasteiger partial charge in [-0.25, -0.2) is 4.79 Å². The molecule has 2 aromatic rings. The summed E-state index contributed by atoms with van der Waals surface area (Å²) in [5.41, 5.74) is 2.94. The van der Waals surface area contributed by atoms with Gasteiger partial charge in [0.05, 0.1) is 0 Å². The lowest BCUT2D eigenvalue weighted by Crippen LogP contribution is -2.45. The average molecular weight is 455 g/mol. The molecule has 1 N–H and O–H groups in total. The van der Waals surface area contributed by atoms with E-state index in [1.165, 1.54) is 0 Å². The van der Waals surface area contributed by atoms with E-state index in [1.807, 2.05) is 32.9 Å². The maximum atomic E-state index is 12.7. The second-order valence-corrected chi connectivity index (χ2v) is 9.38. The predicted octanol–water partition coefficient (Wildman–Crippen LogP) is 3.51. The molecule has 2 aliphatic rings. The number of piperidine rings is 1. The molecule has 0 unspecified atom stereocenters. The van der Waals surface area contributed by atoms with Gasteiger partial charge in [0, 0.05) is 41.6 Å². The SMILES string of the molecule is CC[C@@H](C)NC(=O)C1CCN(C(=O)COc2ccc3c4c(c(=O)oc3c2C)CCCC4)CC1. The smallest absolute Gasteiger partial charge is 0.339 e. The van der Waals surface area contributed by atoms with Crippen LogP contribution in [0.5, 0.6) is 5.75 Å². The minimum Gasteiger partial charge on any atom is -0.483 e. The Labute approximate surface area is 194 Å². The first-order valence-corrected chi connectivity index (χ1v) is 12.2. The summed E-state index contributed by atoms with van der Waals surface area (Å²) in [4.78, 5) is 39.3. The van der Waals surface area contributed by atoms with Crippen LogP contribution in [0.2, 0.25) is 0 Å². The molecule has 7 heteroatoms. The molecule has 33 heavy (non-hydrogen) atoms. The van der Waals surface area contributed by atoms with Crippen LogP contribution in [-0.4, -0.2) is 42.5 Å². The number of benzene rings is 1. The summed E-state index contributed by atoms with van der Waals surface area (Å²) in [5.74, 6) is 0.503. The zero-order valence-electron chi connectivity index (χ0n) is 19.9. The minimum absolute atomic E-state index is 0.0412. The van der Waals surface area contributed by atoms with Gasteiger partial charge in [0.1, 0.15) is 11.3 Å². The summed E-state index contributed by atoms with van der Waals surface area (Å²) >= 11 is 0. The van der Waals surface area contributed by atoms with Crippen LogP contribution in [0.25, 0.3) is 11.0 Å². The van der Waals surface area contributed by atoms with Crippen LogP contribution in [0.3, 0.4) is 0 Å². The Bertz CT molecular complexity index is 1100. The highest BCUT2D eigenvalue weighted by Gasteiger charge is 2.28. The Morgan fingerprint density at radius 3 is 2.58 bits per heavy atom. The topological polar surface area (TPSA) is 88.9 Å². The first kappa shape index (κ1) is 23.3. The lowest BCUT2D eigenvalue weighted by molar-refractivity contribution is -0.137. The highest BCUT2D eigenvalue weighted by atomic mass is 16.5. The number of carbonyl (C=O) groups is 2. The summed E-state index contributed by atoms with van der Waals surface area (Å²) in [6.07, 6.45) is 5.99. The van der Waals surface area contributed by atoms with Crippen molar-refractivity contribution in [2.24, 2.45) is 5.92 Å². The summed E-state index contributed by atoms with van der Waals surface area (Å²) in [5, 5.41) is 4.01. The minimum atomic E-state index is -0.256. The van der Waals surface area contributed by atoms with Crippen LogP contribution < -0.4 is 15.7 Å². The highest BCUT2D eigenvalue weighted by molar-refractivity contribution is 5.86. The number of nitrogens with one attached hydrogen (secondary N) is 1. The molecule has 178 valence electrons. The van der Waals surface area contributed by atoms with Crippen molar-refractivity contribution in [1.29, 1.82) is 0 Å². The zero-order valence-corrected chi connectivity index (χ0v) is 19.9. The van der Waals surface area contributed by atoms with E-state index < -0.39 is 0 Å². The molecule has 1 aliphatic carbocycles. The summed E-state index contributed by atoms with van der Waals surface area (Å²) in [6, 6.07) is 3.98. The van der Waals surface area contributed by atoms with E-state index in [-0.39, 0.29) is 36.0 Å². The van der Waals surface area contributed by atoms with Crippen molar-refractivity contribution < 1.29 is 18.7 Å². The predicted molar refractivity (Wildman–Crippen MR) is 127 cm³/mol. The van der Waals surface area contributed by atoms with Crippen LogP contribution >= 0.6 is 0 Å². The molecule has 2 heterocycles. The van der Waals surface area contributed by atoms with Crippen molar-refractivity contribution in [1.82, 2.24) is 10.2 Å². The fourth-order valence-electron chi connectivity index (χ4n) is 4.87. The molecule has 4 rings (SSSR count). The van der Waals surface area contributed by atoms with Gasteiger partial charge in [-0.3, -0.25) is 9.59 Å². The van der Waals surface area contributed by atoms with Crippen LogP contribution in [0.1, 0.15) is 62.6 Å². The summed E-state index contributed by atoms with van der Waals surface area (Å²) in [6.45, 7) is 6.94. The van der Waals surface area contributed by atoms with Gasteiger partial charge in [0.15, 0.2) is 6.61 Å². The molecule has 7 nitrogen and oxygen atoms in total. The third-order valence-corrected chi connectivity index (χ3v) is 7.16. The fourth-order valence-corrected chi connectivity index (χ4v) is 4.87. The number of likely N-dealkylation sites (tertiary alicyclic amines) is 1. The molecule has 1 aromatic heterocycles. The van der Waals surface area contributed by atoms with Crippen LogP contribution in [0, 0.1) is 12.8 Å². The number of hydrogen-bond donors (Lipinski definition) is 1. The molecule has 1 atom stereocenters. The second kappa shape index (κ2) is 9.98. The molecule has 1 aromatic carbocycles. The van der Waals surface area contributed by atoms with Gasteiger partial charge in [0.25, 0.3) is 5.91 Å². The van der Waals surface area contributed by atoms with Gasteiger partial charge < -0.3 is 19.4 Å². The normalized spacial score (nSPS) is 17.5. The van der Waals surface area contributed by atoms with E-state index in [0.717, 1.165) is 54.2 Å². The van der Waals surface area contributed by atoms with Crippen molar-refractivity contribution in [3.63, 3.8) is 0 Å². The maximum Gasteiger partial charge on any atom is 0.339 e. The van der Waals surface area contributed by atoms with E-state index >= 15 is 0 Å². The summed E-state index contributed by atoms with van der Waals surface area (Å²) < 4.78 is 11.5. The molecule has 0 spiro atoms. The van der Waals surface area contributed by atoms with Gasteiger partial charge >= 0.3 is 5.63 Å². The molecular weight excluding hydrogens is 420 g/mol. The average Bonchev–Trinajstić information content (AvgIpc) is 2.84. The monoisotopic (exact) mass is 454 g/mol. The maximum absolute atomic E-state index is 12.7. The first-order valence-electron chi connectivity index (χ1n) is 12.2. The number of ether oxygens (including phenoxy) is 1. The first-order chi connectivity index (χ1) is 15.9. The van der Waals surface area contributed by atoms with Gasteiger partial charge in [-0.2, -0.15) is 0 Å². The van der Waals surface area contributed by atoms with Crippen molar-refractivity contribution in [2.45, 2.75) is 71.8 Å². The van der Waals surface area contributed by atoms with E-state index in [2.05, 4.69) is 5.32 Å². The number of aryl methyl sites for hydroxylation is 2.